The molecule has 0 radical (unpaired) electrons. The summed E-state index contributed by atoms with van der Waals surface area (Å²) >= 11 is 0. The van der Waals surface area contributed by atoms with Crippen LogP contribution in [0.3, 0.4) is 0 Å². The van der Waals surface area contributed by atoms with Crippen molar-refractivity contribution < 1.29 is 18.7 Å². The number of carbonyl (C=O) groups is 2. The summed E-state index contributed by atoms with van der Waals surface area (Å²) in [6, 6.07) is 7.95. The fourth-order valence-corrected chi connectivity index (χ4v) is 3.82. The highest BCUT2D eigenvalue weighted by molar-refractivity contribution is 6.05. The van der Waals surface area contributed by atoms with E-state index in [4.69, 9.17) is 4.74 Å². The number of carbonyl (C=O) groups excluding carboxylic acids is 2. The SMILES string of the molecule is CC(C)(C)OC(=O)N1CCn2c(C#N)c(-c3cccc(F)c3)c(C(=O)n3ccnc3)c2C1. The van der Waals surface area contributed by atoms with Gasteiger partial charge in [0.15, 0.2) is 0 Å². The maximum absolute atomic E-state index is 14.0. The number of benzene rings is 1. The lowest BCUT2D eigenvalue weighted by Gasteiger charge is -2.31. The Labute approximate surface area is 184 Å². The second-order valence-electron chi connectivity index (χ2n) is 8.50. The van der Waals surface area contributed by atoms with Gasteiger partial charge >= 0.3 is 6.09 Å². The number of hydrogen-bond acceptors (Lipinski definition) is 5. The first-order valence-electron chi connectivity index (χ1n) is 10.1. The van der Waals surface area contributed by atoms with Crippen molar-refractivity contribution in [1.82, 2.24) is 19.0 Å². The molecule has 164 valence electrons. The maximum atomic E-state index is 14.0. The van der Waals surface area contributed by atoms with Crippen LogP contribution in [0.1, 0.15) is 42.5 Å². The first-order chi connectivity index (χ1) is 15.2. The van der Waals surface area contributed by atoms with Gasteiger partial charge in [0.2, 0.25) is 0 Å². The van der Waals surface area contributed by atoms with Crippen molar-refractivity contribution in [2.45, 2.75) is 39.5 Å². The van der Waals surface area contributed by atoms with Crippen LogP contribution in [0.2, 0.25) is 0 Å². The third-order valence-electron chi connectivity index (χ3n) is 5.13. The van der Waals surface area contributed by atoms with Gasteiger partial charge in [0.25, 0.3) is 5.91 Å². The molecule has 9 heteroatoms. The Hall–Kier alpha value is -3.93. The van der Waals surface area contributed by atoms with Gasteiger partial charge in [-0.3, -0.25) is 9.36 Å². The standard InChI is InChI=1S/C23H22FN5O3/c1-23(2,3)32-22(31)27-9-10-29-17(12-25)19(15-5-4-6-16(24)11-15)20(18(29)13-27)21(30)28-8-7-26-14-28/h4-8,11,14H,9-10,13H2,1-3H3. The highest BCUT2D eigenvalue weighted by Gasteiger charge is 2.34. The van der Waals surface area contributed by atoms with Crippen LogP contribution in [-0.2, 0) is 17.8 Å². The molecule has 1 aliphatic heterocycles. The lowest BCUT2D eigenvalue weighted by molar-refractivity contribution is 0.0197. The molecular weight excluding hydrogens is 413 g/mol. The number of ether oxygens (including phenoxy) is 1. The summed E-state index contributed by atoms with van der Waals surface area (Å²) in [6.07, 6.45) is 3.84. The molecule has 1 aromatic carbocycles. The van der Waals surface area contributed by atoms with Crippen LogP contribution in [0.15, 0.2) is 43.0 Å². The predicted octanol–water partition coefficient (Wildman–Crippen LogP) is 3.80. The summed E-state index contributed by atoms with van der Waals surface area (Å²) in [6.45, 7) is 6.03. The van der Waals surface area contributed by atoms with E-state index in [1.54, 1.807) is 31.4 Å². The van der Waals surface area contributed by atoms with Crippen molar-refractivity contribution >= 4 is 12.0 Å². The monoisotopic (exact) mass is 435 g/mol. The summed E-state index contributed by atoms with van der Waals surface area (Å²) in [7, 11) is 0. The summed E-state index contributed by atoms with van der Waals surface area (Å²) in [4.78, 5) is 31.6. The normalized spacial score (nSPS) is 13.4. The number of nitrogens with zero attached hydrogens (tertiary/aromatic N) is 5. The number of amides is 1. The second-order valence-corrected chi connectivity index (χ2v) is 8.50. The quantitative estimate of drug-likeness (QED) is 0.610. The lowest BCUT2D eigenvalue weighted by atomic mass is 9.99. The molecule has 1 amide bonds. The molecule has 0 atom stereocenters. The molecule has 0 fully saturated rings. The van der Waals surface area contributed by atoms with Gasteiger partial charge in [-0.05, 0) is 38.5 Å². The number of imidazole rings is 1. The smallest absolute Gasteiger partial charge is 0.410 e. The molecule has 0 saturated heterocycles. The van der Waals surface area contributed by atoms with E-state index >= 15 is 0 Å². The number of halogens is 1. The summed E-state index contributed by atoms with van der Waals surface area (Å²) < 4.78 is 22.6. The van der Waals surface area contributed by atoms with Gasteiger partial charge in [0, 0.05) is 31.0 Å². The third kappa shape index (κ3) is 3.87. The van der Waals surface area contributed by atoms with Crippen molar-refractivity contribution in [1.29, 1.82) is 5.26 Å². The Morgan fingerprint density at radius 1 is 1.25 bits per heavy atom. The van der Waals surface area contributed by atoms with Crippen LogP contribution in [0.5, 0.6) is 0 Å². The molecule has 32 heavy (non-hydrogen) atoms. The first kappa shape index (κ1) is 21.3. The summed E-state index contributed by atoms with van der Waals surface area (Å²) in [5.74, 6) is -0.898. The topological polar surface area (TPSA) is 93.1 Å². The Kier molecular flexibility index (Phi) is 5.30. The Morgan fingerprint density at radius 2 is 2.03 bits per heavy atom. The van der Waals surface area contributed by atoms with Crippen LogP contribution in [-0.4, -0.2) is 43.2 Å². The van der Waals surface area contributed by atoms with Crippen molar-refractivity contribution in [3.8, 4) is 17.2 Å². The Bertz CT molecular complexity index is 1230. The van der Waals surface area contributed by atoms with Gasteiger partial charge in [-0.1, -0.05) is 12.1 Å². The van der Waals surface area contributed by atoms with E-state index in [0.717, 1.165) is 0 Å². The van der Waals surface area contributed by atoms with Crippen molar-refractivity contribution in [2.75, 3.05) is 6.54 Å². The van der Waals surface area contributed by atoms with E-state index in [2.05, 4.69) is 11.1 Å². The minimum atomic E-state index is -0.670. The first-order valence-corrected chi connectivity index (χ1v) is 10.1. The van der Waals surface area contributed by atoms with E-state index < -0.39 is 23.4 Å². The highest BCUT2D eigenvalue weighted by Crippen LogP contribution is 2.36. The van der Waals surface area contributed by atoms with Crippen molar-refractivity contribution in [2.24, 2.45) is 0 Å². The van der Waals surface area contributed by atoms with Gasteiger partial charge in [0.1, 0.15) is 29.5 Å². The second kappa shape index (κ2) is 7.96. The predicted molar refractivity (Wildman–Crippen MR) is 113 cm³/mol. The fourth-order valence-electron chi connectivity index (χ4n) is 3.82. The Balaban J connectivity index is 1.89. The van der Waals surface area contributed by atoms with Crippen LogP contribution < -0.4 is 0 Å². The molecule has 1 aliphatic rings. The summed E-state index contributed by atoms with van der Waals surface area (Å²) in [5.41, 5.74) is 1.06. The van der Waals surface area contributed by atoms with Gasteiger partial charge < -0.3 is 14.2 Å². The van der Waals surface area contributed by atoms with Crippen LogP contribution in [0, 0.1) is 17.1 Å². The minimum Gasteiger partial charge on any atom is -0.444 e. The third-order valence-corrected chi connectivity index (χ3v) is 5.13. The van der Waals surface area contributed by atoms with E-state index in [0.29, 0.717) is 29.9 Å². The molecule has 3 aromatic rings. The molecule has 2 aromatic heterocycles. The van der Waals surface area contributed by atoms with Gasteiger partial charge in [-0.15, -0.1) is 0 Å². The molecule has 0 saturated carbocycles. The minimum absolute atomic E-state index is 0.0781. The maximum Gasteiger partial charge on any atom is 0.410 e. The van der Waals surface area contributed by atoms with Crippen molar-refractivity contribution in [3.05, 3.63) is 65.8 Å². The van der Waals surface area contributed by atoms with Crippen molar-refractivity contribution in [3.63, 3.8) is 0 Å². The van der Waals surface area contributed by atoms with E-state index in [9.17, 15) is 19.2 Å². The van der Waals surface area contributed by atoms with Crippen LogP contribution in [0.25, 0.3) is 11.1 Å². The molecular formula is C23H22FN5O3. The lowest BCUT2D eigenvalue weighted by Crippen LogP contribution is -2.42. The molecule has 4 rings (SSSR count). The zero-order chi connectivity index (χ0) is 23.0. The average molecular weight is 435 g/mol. The highest BCUT2D eigenvalue weighted by atomic mass is 19.1. The number of rotatable bonds is 2. The molecule has 0 aliphatic carbocycles. The molecule has 0 spiro atoms. The fraction of sp³-hybridized carbons (Fsp3) is 0.304. The number of aromatic nitrogens is 3. The van der Waals surface area contributed by atoms with Crippen LogP contribution in [0.4, 0.5) is 9.18 Å². The van der Waals surface area contributed by atoms with Gasteiger partial charge in [-0.2, -0.15) is 5.26 Å². The van der Waals surface area contributed by atoms with E-state index in [1.807, 2.05) is 0 Å². The number of fused-ring (bicyclic) bond motifs is 1. The summed E-state index contributed by atoms with van der Waals surface area (Å²) in [5, 5.41) is 9.96. The molecule has 0 N–H and O–H groups in total. The molecule has 0 unspecified atom stereocenters. The Morgan fingerprint density at radius 3 is 2.66 bits per heavy atom. The average Bonchev–Trinajstić information content (AvgIpc) is 3.37. The number of nitriles is 1. The molecule has 8 nitrogen and oxygen atoms in total. The zero-order valence-electron chi connectivity index (χ0n) is 18.0. The zero-order valence-corrected chi connectivity index (χ0v) is 18.0. The van der Waals surface area contributed by atoms with E-state index in [1.165, 1.54) is 46.4 Å². The van der Waals surface area contributed by atoms with Gasteiger partial charge in [0.05, 0.1) is 17.8 Å². The molecule has 0 bridgehead atoms. The molecule has 3 heterocycles. The van der Waals surface area contributed by atoms with E-state index in [-0.39, 0.29) is 17.8 Å². The largest absolute Gasteiger partial charge is 0.444 e. The van der Waals surface area contributed by atoms with Crippen LogP contribution >= 0.6 is 0 Å². The van der Waals surface area contributed by atoms with Gasteiger partial charge in [-0.25, -0.2) is 14.2 Å². The number of hydrogen-bond donors (Lipinski definition) is 0.